The zero-order chi connectivity index (χ0) is 16.4. The second kappa shape index (κ2) is 11.7. The van der Waals surface area contributed by atoms with Crippen LogP contribution in [0.15, 0.2) is 17.4 Å². The Morgan fingerprint density at radius 3 is 2.39 bits per heavy atom. The molecule has 3 N–H and O–H groups in total. The predicted octanol–water partition coefficient (Wildman–Crippen LogP) is 2.42. The van der Waals surface area contributed by atoms with Gasteiger partial charge in [-0.2, -0.15) is 5.10 Å². The molecule has 1 rings (SSSR count). The van der Waals surface area contributed by atoms with Crippen molar-refractivity contribution in [2.24, 2.45) is 12.0 Å². The zero-order valence-corrected chi connectivity index (χ0v) is 17.1. The number of rotatable bonds is 9. The maximum Gasteiger partial charge on any atom is 0.191 e. The molecule has 6 nitrogen and oxygen atoms in total. The first-order valence-electron chi connectivity index (χ1n) is 8.25. The second-order valence-electron chi connectivity index (χ2n) is 5.80. The second-order valence-corrected chi connectivity index (χ2v) is 5.80. The van der Waals surface area contributed by atoms with Crippen molar-refractivity contribution in [2.75, 3.05) is 13.1 Å². The number of aryl methyl sites for hydroxylation is 1. The Labute approximate surface area is 157 Å². The third-order valence-electron chi connectivity index (χ3n) is 3.54. The fourth-order valence-corrected chi connectivity index (χ4v) is 2.55. The first kappa shape index (κ1) is 22.2. The van der Waals surface area contributed by atoms with Crippen molar-refractivity contribution in [3.63, 3.8) is 0 Å². The molecule has 0 aliphatic rings. The Balaban J connectivity index is 0.00000484. The summed E-state index contributed by atoms with van der Waals surface area (Å²) in [6.45, 7) is 8.12. The molecule has 0 aliphatic carbocycles. The summed E-state index contributed by atoms with van der Waals surface area (Å²) in [6, 6.07) is 0. The number of nitrogens with zero attached hydrogens (tertiary/aromatic N) is 3. The fourth-order valence-electron chi connectivity index (χ4n) is 2.55. The van der Waals surface area contributed by atoms with Crippen molar-refractivity contribution in [2.45, 2.75) is 58.6 Å². The van der Waals surface area contributed by atoms with Gasteiger partial charge in [-0.1, -0.05) is 26.7 Å². The Hall–Kier alpha value is -0.830. The average Bonchev–Trinajstić information content (AvgIpc) is 2.88. The molecule has 0 saturated carbocycles. The number of aliphatic imine (C=N–C) groups is 1. The number of aliphatic hydroxyl groups is 1. The molecule has 1 aromatic rings. The normalized spacial score (nSPS) is 12.0. The molecule has 0 saturated heterocycles. The van der Waals surface area contributed by atoms with E-state index in [-0.39, 0.29) is 24.0 Å². The molecule has 1 aromatic heterocycles. The summed E-state index contributed by atoms with van der Waals surface area (Å²) in [5.41, 5.74) is 0.408. The molecule has 0 spiro atoms. The van der Waals surface area contributed by atoms with Crippen LogP contribution >= 0.6 is 24.0 Å². The highest BCUT2D eigenvalue weighted by atomic mass is 127. The van der Waals surface area contributed by atoms with Crippen LogP contribution in [-0.4, -0.2) is 39.5 Å². The highest BCUT2D eigenvalue weighted by Crippen LogP contribution is 2.18. The summed E-state index contributed by atoms with van der Waals surface area (Å²) in [4.78, 5) is 4.55. The van der Waals surface area contributed by atoms with Gasteiger partial charge in [0.1, 0.15) is 0 Å². The molecule has 0 fully saturated rings. The van der Waals surface area contributed by atoms with Crippen molar-refractivity contribution in [1.82, 2.24) is 20.4 Å². The van der Waals surface area contributed by atoms with E-state index in [0.29, 0.717) is 13.1 Å². The van der Waals surface area contributed by atoms with E-state index in [1.165, 1.54) is 0 Å². The van der Waals surface area contributed by atoms with E-state index in [1.807, 2.05) is 26.4 Å². The molecule has 134 valence electrons. The van der Waals surface area contributed by atoms with Crippen LogP contribution in [0.2, 0.25) is 0 Å². The van der Waals surface area contributed by atoms with Gasteiger partial charge in [0.2, 0.25) is 0 Å². The summed E-state index contributed by atoms with van der Waals surface area (Å²) in [7, 11) is 1.90. The standard InChI is InChI=1S/C16H31N5O.HI/c1-5-8-16(22,9-6-2)13-19-15(17-7-3)18-10-14-11-20-21(4)12-14;/h11-12,22H,5-10,13H2,1-4H3,(H2,17,18,19);1H. The maximum absolute atomic E-state index is 10.7. The summed E-state index contributed by atoms with van der Waals surface area (Å²) < 4.78 is 1.77. The molecule has 7 heteroatoms. The SMILES string of the molecule is CCCC(O)(CCC)CNC(=NCc1cnn(C)c1)NCC.I. The van der Waals surface area contributed by atoms with Gasteiger partial charge in [-0.05, 0) is 19.8 Å². The average molecular weight is 437 g/mol. The molecule has 0 bridgehead atoms. The number of hydrogen-bond acceptors (Lipinski definition) is 3. The van der Waals surface area contributed by atoms with Crippen molar-refractivity contribution < 1.29 is 5.11 Å². The summed E-state index contributed by atoms with van der Waals surface area (Å²) in [6.07, 6.45) is 7.32. The van der Waals surface area contributed by atoms with Crippen LogP contribution in [0.3, 0.4) is 0 Å². The highest BCUT2D eigenvalue weighted by Gasteiger charge is 2.24. The van der Waals surface area contributed by atoms with Crippen LogP contribution in [0.4, 0.5) is 0 Å². The molecule has 0 unspecified atom stereocenters. The van der Waals surface area contributed by atoms with Crippen molar-refractivity contribution in [3.05, 3.63) is 18.0 Å². The molecular formula is C16H32IN5O. The van der Waals surface area contributed by atoms with E-state index in [1.54, 1.807) is 4.68 Å². The topological polar surface area (TPSA) is 74.5 Å². The third kappa shape index (κ3) is 8.55. The minimum atomic E-state index is -0.659. The van der Waals surface area contributed by atoms with E-state index in [4.69, 9.17) is 0 Å². The van der Waals surface area contributed by atoms with E-state index >= 15 is 0 Å². The highest BCUT2D eigenvalue weighted by molar-refractivity contribution is 14.0. The van der Waals surface area contributed by atoms with Crippen LogP contribution < -0.4 is 10.6 Å². The minimum Gasteiger partial charge on any atom is -0.388 e. The van der Waals surface area contributed by atoms with Crippen LogP contribution in [0.25, 0.3) is 0 Å². The Bertz CT molecular complexity index is 455. The van der Waals surface area contributed by atoms with Gasteiger partial charge < -0.3 is 15.7 Å². The van der Waals surface area contributed by atoms with Gasteiger partial charge in [0, 0.05) is 31.9 Å². The largest absolute Gasteiger partial charge is 0.388 e. The third-order valence-corrected chi connectivity index (χ3v) is 3.54. The maximum atomic E-state index is 10.7. The molecule has 0 aliphatic heterocycles. The van der Waals surface area contributed by atoms with E-state index in [2.05, 4.69) is 34.6 Å². The summed E-state index contributed by atoms with van der Waals surface area (Å²) in [5.74, 6) is 0.733. The fraction of sp³-hybridized carbons (Fsp3) is 0.750. The quantitative estimate of drug-likeness (QED) is 0.315. The number of nitrogens with one attached hydrogen (secondary N) is 2. The van der Waals surface area contributed by atoms with Gasteiger partial charge in [-0.15, -0.1) is 24.0 Å². The lowest BCUT2D eigenvalue weighted by atomic mass is 9.93. The molecule has 1 heterocycles. The minimum absolute atomic E-state index is 0. The lowest BCUT2D eigenvalue weighted by Crippen LogP contribution is -2.47. The predicted molar refractivity (Wildman–Crippen MR) is 106 cm³/mol. The molecule has 0 aromatic carbocycles. The number of hydrogen-bond donors (Lipinski definition) is 3. The lowest BCUT2D eigenvalue weighted by Gasteiger charge is -2.28. The van der Waals surface area contributed by atoms with Crippen LogP contribution in [-0.2, 0) is 13.6 Å². The van der Waals surface area contributed by atoms with Gasteiger partial charge in [-0.3, -0.25) is 4.68 Å². The van der Waals surface area contributed by atoms with Gasteiger partial charge in [0.25, 0.3) is 0 Å². The molecule has 0 amide bonds. The Morgan fingerprint density at radius 1 is 1.26 bits per heavy atom. The lowest BCUT2D eigenvalue weighted by molar-refractivity contribution is 0.0257. The first-order chi connectivity index (χ1) is 10.5. The number of guanidine groups is 1. The smallest absolute Gasteiger partial charge is 0.191 e. The molecule has 0 radical (unpaired) electrons. The van der Waals surface area contributed by atoms with Crippen molar-refractivity contribution in [1.29, 1.82) is 0 Å². The van der Waals surface area contributed by atoms with Gasteiger partial charge in [-0.25, -0.2) is 4.99 Å². The monoisotopic (exact) mass is 437 g/mol. The zero-order valence-electron chi connectivity index (χ0n) is 14.8. The van der Waals surface area contributed by atoms with Crippen LogP contribution in [0.1, 0.15) is 52.0 Å². The van der Waals surface area contributed by atoms with Crippen molar-refractivity contribution >= 4 is 29.9 Å². The molecular weight excluding hydrogens is 405 g/mol. The summed E-state index contributed by atoms with van der Waals surface area (Å²) in [5, 5.41) is 21.3. The van der Waals surface area contributed by atoms with Gasteiger partial charge in [0.15, 0.2) is 5.96 Å². The van der Waals surface area contributed by atoms with Crippen LogP contribution in [0, 0.1) is 0 Å². The molecule has 23 heavy (non-hydrogen) atoms. The van der Waals surface area contributed by atoms with Crippen LogP contribution in [0.5, 0.6) is 0 Å². The van der Waals surface area contributed by atoms with E-state index < -0.39 is 5.60 Å². The number of aromatic nitrogens is 2. The molecule has 0 atom stereocenters. The first-order valence-corrected chi connectivity index (χ1v) is 8.25. The summed E-state index contributed by atoms with van der Waals surface area (Å²) >= 11 is 0. The Kier molecular flexibility index (Phi) is 11.2. The van der Waals surface area contributed by atoms with E-state index in [9.17, 15) is 5.11 Å². The van der Waals surface area contributed by atoms with E-state index in [0.717, 1.165) is 43.8 Å². The Morgan fingerprint density at radius 2 is 1.91 bits per heavy atom. The van der Waals surface area contributed by atoms with Gasteiger partial charge in [0.05, 0.1) is 18.3 Å². The van der Waals surface area contributed by atoms with Gasteiger partial charge >= 0.3 is 0 Å². The van der Waals surface area contributed by atoms with Crippen molar-refractivity contribution in [3.8, 4) is 0 Å². The number of halogens is 1.